The Morgan fingerprint density at radius 3 is 2.50 bits per heavy atom. The highest BCUT2D eigenvalue weighted by Crippen LogP contribution is 2.15. The fourth-order valence-electron chi connectivity index (χ4n) is 1.36. The van der Waals surface area contributed by atoms with Gasteiger partial charge in [-0.05, 0) is 12.1 Å². The van der Waals surface area contributed by atoms with E-state index >= 15 is 0 Å². The summed E-state index contributed by atoms with van der Waals surface area (Å²) in [5.41, 5.74) is 0.500. The maximum Gasteiger partial charge on any atom is 0.405 e. The van der Waals surface area contributed by atoms with Crippen LogP contribution in [0, 0.1) is 0 Å². The first-order valence-corrected chi connectivity index (χ1v) is 5.58. The third-order valence-electron chi connectivity index (χ3n) is 2.26. The highest BCUT2D eigenvalue weighted by atomic mass is 19.4. The Balaban J connectivity index is 2.58. The van der Waals surface area contributed by atoms with Crippen molar-refractivity contribution in [1.29, 1.82) is 0 Å². The molecule has 0 aliphatic carbocycles. The van der Waals surface area contributed by atoms with Crippen LogP contribution in [0.15, 0.2) is 24.3 Å². The molecule has 110 valence electrons. The third-order valence-corrected chi connectivity index (χ3v) is 2.26. The first-order chi connectivity index (χ1) is 9.33. The summed E-state index contributed by atoms with van der Waals surface area (Å²) in [4.78, 5) is 22.6. The van der Waals surface area contributed by atoms with E-state index in [0.29, 0.717) is 5.69 Å². The van der Waals surface area contributed by atoms with E-state index in [-0.39, 0.29) is 12.1 Å². The largest absolute Gasteiger partial charge is 0.465 e. The fourth-order valence-corrected chi connectivity index (χ4v) is 1.36. The molecule has 0 radical (unpaired) electrons. The highest BCUT2D eigenvalue weighted by Gasteiger charge is 2.27. The minimum atomic E-state index is -4.46. The van der Waals surface area contributed by atoms with Gasteiger partial charge in [-0.2, -0.15) is 13.2 Å². The number of methoxy groups -OCH3 is 1. The van der Waals surface area contributed by atoms with Gasteiger partial charge >= 0.3 is 12.1 Å². The Morgan fingerprint density at radius 2 is 1.90 bits per heavy atom. The molecule has 1 aromatic carbocycles. The number of para-hydroxylation sites is 1. The molecule has 0 aliphatic heterocycles. The van der Waals surface area contributed by atoms with Crippen molar-refractivity contribution < 1.29 is 27.5 Å². The molecule has 2 N–H and O–H groups in total. The minimum absolute atomic E-state index is 0.193. The number of esters is 1. The average molecular weight is 290 g/mol. The van der Waals surface area contributed by atoms with Crippen molar-refractivity contribution in [2.75, 3.05) is 25.5 Å². The van der Waals surface area contributed by atoms with E-state index in [0.717, 1.165) is 0 Å². The van der Waals surface area contributed by atoms with Gasteiger partial charge in [0.1, 0.15) is 6.54 Å². The lowest BCUT2D eigenvalue weighted by Gasteiger charge is -2.11. The number of benzene rings is 1. The van der Waals surface area contributed by atoms with Crippen molar-refractivity contribution in [1.82, 2.24) is 5.32 Å². The van der Waals surface area contributed by atoms with Gasteiger partial charge in [-0.15, -0.1) is 0 Å². The standard InChI is InChI=1S/C12H13F3N2O3/c1-20-11(19)8-4-2-3-5-9(8)16-6-10(18)17-7-12(13,14)15/h2-5,16H,6-7H2,1H3,(H,17,18). The second kappa shape index (κ2) is 6.78. The summed E-state index contributed by atoms with van der Waals surface area (Å²) in [5, 5.41) is 4.30. The second-order valence-corrected chi connectivity index (χ2v) is 3.78. The van der Waals surface area contributed by atoms with Gasteiger partial charge in [0, 0.05) is 5.69 Å². The van der Waals surface area contributed by atoms with Crippen molar-refractivity contribution in [2.24, 2.45) is 0 Å². The van der Waals surface area contributed by atoms with Gasteiger partial charge in [-0.25, -0.2) is 4.79 Å². The maximum atomic E-state index is 11.9. The lowest BCUT2D eigenvalue weighted by molar-refractivity contribution is -0.137. The molecule has 1 rings (SSSR count). The van der Waals surface area contributed by atoms with Crippen LogP contribution in [0.3, 0.4) is 0 Å². The quantitative estimate of drug-likeness (QED) is 0.808. The second-order valence-electron chi connectivity index (χ2n) is 3.78. The van der Waals surface area contributed by atoms with Gasteiger partial charge < -0.3 is 15.4 Å². The lowest BCUT2D eigenvalue weighted by Crippen LogP contribution is -2.37. The number of hydrogen-bond donors (Lipinski definition) is 2. The maximum absolute atomic E-state index is 11.9. The van der Waals surface area contributed by atoms with Gasteiger partial charge in [0.2, 0.25) is 5.91 Å². The van der Waals surface area contributed by atoms with E-state index in [2.05, 4.69) is 10.1 Å². The van der Waals surface area contributed by atoms with E-state index in [9.17, 15) is 22.8 Å². The summed E-state index contributed by atoms with van der Waals surface area (Å²) >= 11 is 0. The predicted molar refractivity (Wildman–Crippen MR) is 65.3 cm³/mol. The molecule has 0 aromatic heterocycles. The summed E-state index contributed by atoms with van der Waals surface area (Å²) in [6, 6.07) is 6.20. The molecule has 0 bridgehead atoms. The molecule has 0 aliphatic rings. The van der Waals surface area contributed by atoms with Crippen LogP contribution in [0.1, 0.15) is 10.4 Å². The normalized spacial score (nSPS) is 10.8. The number of halogens is 3. The Labute approximate surface area is 113 Å². The van der Waals surface area contributed by atoms with E-state index in [1.165, 1.54) is 19.2 Å². The van der Waals surface area contributed by atoms with E-state index < -0.39 is 24.6 Å². The number of amides is 1. The van der Waals surface area contributed by atoms with Crippen LogP contribution < -0.4 is 10.6 Å². The summed E-state index contributed by atoms with van der Waals surface area (Å²) < 4.78 is 40.2. The molecule has 0 unspecified atom stereocenters. The number of carbonyl (C=O) groups excluding carboxylic acids is 2. The zero-order valence-electron chi connectivity index (χ0n) is 10.6. The van der Waals surface area contributed by atoms with Crippen molar-refractivity contribution in [3.63, 3.8) is 0 Å². The molecule has 0 spiro atoms. The van der Waals surface area contributed by atoms with Crippen LogP contribution >= 0.6 is 0 Å². The molecular formula is C12H13F3N2O3. The highest BCUT2D eigenvalue weighted by molar-refractivity contribution is 5.96. The summed E-state index contributed by atoms with van der Waals surface area (Å²) in [6.45, 7) is -1.78. The van der Waals surface area contributed by atoms with Crippen LogP contribution in [-0.4, -0.2) is 38.3 Å². The van der Waals surface area contributed by atoms with E-state index in [4.69, 9.17) is 0 Å². The summed E-state index contributed by atoms with van der Waals surface area (Å²) in [7, 11) is 1.20. The first kappa shape index (κ1) is 15.8. The molecule has 0 saturated carbocycles. The molecule has 0 saturated heterocycles. The topological polar surface area (TPSA) is 67.4 Å². The van der Waals surface area contributed by atoms with Gasteiger partial charge in [-0.1, -0.05) is 12.1 Å². The zero-order chi connectivity index (χ0) is 15.2. The van der Waals surface area contributed by atoms with Crippen molar-refractivity contribution in [3.05, 3.63) is 29.8 Å². The number of nitrogens with one attached hydrogen (secondary N) is 2. The van der Waals surface area contributed by atoms with Crippen molar-refractivity contribution in [2.45, 2.75) is 6.18 Å². The molecule has 0 fully saturated rings. The third kappa shape index (κ3) is 5.17. The molecule has 1 aromatic rings. The smallest absolute Gasteiger partial charge is 0.405 e. The van der Waals surface area contributed by atoms with Crippen molar-refractivity contribution >= 4 is 17.6 Å². The van der Waals surface area contributed by atoms with Gasteiger partial charge in [0.15, 0.2) is 0 Å². The Kier molecular flexibility index (Phi) is 5.36. The molecule has 0 heterocycles. The predicted octanol–water partition coefficient (Wildman–Crippen LogP) is 1.56. The molecule has 5 nitrogen and oxygen atoms in total. The number of carbonyl (C=O) groups is 2. The molecular weight excluding hydrogens is 277 g/mol. The van der Waals surface area contributed by atoms with Gasteiger partial charge in [-0.3, -0.25) is 4.79 Å². The molecule has 1 amide bonds. The van der Waals surface area contributed by atoms with Crippen molar-refractivity contribution in [3.8, 4) is 0 Å². The first-order valence-electron chi connectivity index (χ1n) is 5.58. The van der Waals surface area contributed by atoms with Crippen LogP contribution in [0.25, 0.3) is 0 Å². The fraction of sp³-hybridized carbons (Fsp3) is 0.333. The number of hydrogen-bond acceptors (Lipinski definition) is 4. The summed E-state index contributed by atoms with van der Waals surface area (Å²) in [5.74, 6) is -1.44. The SMILES string of the molecule is COC(=O)c1ccccc1NCC(=O)NCC(F)(F)F. The van der Waals surface area contributed by atoms with Gasteiger partial charge in [0.05, 0.1) is 19.2 Å². The number of alkyl halides is 3. The Hall–Kier alpha value is -2.25. The van der Waals surface area contributed by atoms with Crippen LogP contribution in [0.4, 0.5) is 18.9 Å². The summed E-state index contributed by atoms with van der Waals surface area (Å²) in [6.07, 6.45) is -4.46. The van der Waals surface area contributed by atoms with E-state index in [1.807, 2.05) is 0 Å². The van der Waals surface area contributed by atoms with E-state index in [1.54, 1.807) is 17.4 Å². The molecule has 8 heteroatoms. The minimum Gasteiger partial charge on any atom is -0.465 e. The Bertz CT molecular complexity index is 489. The number of rotatable bonds is 5. The number of ether oxygens (including phenoxy) is 1. The number of anilines is 1. The Morgan fingerprint density at radius 1 is 1.25 bits per heavy atom. The van der Waals surface area contributed by atoms with Gasteiger partial charge in [0.25, 0.3) is 0 Å². The van der Waals surface area contributed by atoms with Crippen LogP contribution in [0.5, 0.6) is 0 Å². The zero-order valence-corrected chi connectivity index (χ0v) is 10.6. The molecule has 0 atom stereocenters. The molecule has 20 heavy (non-hydrogen) atoms. The monoisotopic (exact) mass is 290 g/mol. The van der Waals surface area contributed by atoms with Crippen LogP contribution in [0.2, 0.25) is 0 Å². The average Bonchev–Trinajstić information content (AvgIpc) is 2.41. The lowest BCUT2D eigenvalue weighted by atomic mass is 10.2. The van der Waals surface area contributed by atoms with Crippen LogP contribution in [-0.2, 0) is 9.53 Å².